The lowest BCUT2D eigenvalue weighted by Gasteiger charge is -2.22. The predicted molar refractivity (Wildman–Crippen MR) is 389 cm³/mol. The Kier molecular flexibility index (Phi) is 11.5. The SMILES string of the molecule is C=C/C=C\C=C1/Cc2ccc(-c3ccc4c(c3)oc3ccccc34)cc2N1c1nc(-c2ccc(-n3c4ccccc4c4ccc(-c5ccc6c(c5)oc5ccccc56)cc43)c3ccccc23)nc(-n2c3ccccc3c3ccc(-c4ccc5c(c4)oc4ccccc45)cc32)n1. The number of nitrogens with zero attached hydrogens (tertiary/aromatic N) is 6. The van der Waals surface area contributed by atoms with Gasteiger partial charge in [0.25, 0.3) is 0 Å². The molecule has 0 saturated heterocycles. The molecule has 6 aromatic heterocycles. The maximum Gasteiger partial charge on any atom is 0.240 e. The maximum absolute atomic E-state index is 6.46. The van der Waals surface area contributed by atoms with Gasteiger partial charge in [-0.2, -0.15) is 15.0 Å². The van der Waals surface area contributed by atoms with Crippen molar-refractivity contribution in [2.75, 3.05) is 4.90 Å². The van der Waals surface area contributed by atoms with Gasteiger partial charge < -0.3 is 17.8 Å². The molecule has 19 aromatic rings. The van der Waals surface area contributed by atoms with Crippen LogP contribution in [-0.2, 0) is 6.42 Å². The molecule has 95 heavy (non-hydrogen) atoms. The summed E-state index contributed by atoms with van der Waals surface area (Å²) in [6.07, 6.45) is 8.59. The number of rotatable bonds is 9. The first kappa shape index (κ1) is 52.9. The maximum atomic E-state index is 6.46. The number of furan rings is 3. The van der Waals surface area contributed by atoms with E-state index in [0.717, 1.165) is 176 Å². The van der Waals surface area contributed by atoms with Gasteiger partial charge >= 0.3 is 0 Å². The van der Waals surface area contributed by atoms with E-state index in [-0.39, 0.29) is 0 Å². The van der Waals surface area contributed by atoms with Crippen LogP contribution < -0.4 is 4.90 Å². The third kappa shape index (κ3) is 8.19. The van der Waals surface area contributed by atoms with Crippen molar-refractivity contribution >= 4 is 132 Å². The number of allylic oxidation sites excluding steroid dienone is 5. The molecular formula is C86H52N6O3. The number of benzene rings is 13. The molecule has 0 radical (unpaired) electrons. The highest BCUT2D eigenvalue weighted by atomic mass is 16.3. The second-order valence-corrected chi connectivity index (χ2v) is 24.7. The largest absolute Gasteiger partial charge is 0.456 e. The van der Waals surface area contributed by atoms with E-state index in [1.165, 1.54) is 5.39 Å². The van der Waals surface area contributed by atoms with Crippen LogP contribution in [0.2, 0.25) is 0 Å². The minimum absolute atomic E-state index is 0.478. The predicted octanol–water partition coefficient (Wildman–Crippen LogP) is 22.9. The number of anilines is 2. The van der Waals surface area contributed by atoms with Gasteiger partial charge in [-0.05, 0) is 147 Å². The van der Waals surface area contributed by atoms with Crippen molar-refractivity contribution in [1.29, 1.82) is 0 Å². The fourth-order valence-electron chi connectivity index (χ4n) is 15.0. The Bertz CT molecular complexity index is 6560. The highest BCUT2D eigenvalue weighted by Crippen LogP contribution is 2.46. The fourth-order valence-corrected chi connectivity index (χ4v) is 15.0. The molecule has 0 saturated carbocycles. The molecule has 7 heterocycles. The molecule has 20 rings (SSSR count). The first-order valence-corrected chi connectivity index (χ1v) is 32.0. The first-order chi connectivity index (χ1) is 47.0. The summed E-state index contributed by atoms with van der Waals surface area (Å²) in [7, 11) is 0. The van der Waals surface area contributed by atoms with Crippen LogP contribution in [0.4, 0.5) is 11.6 Å². The summed E-state index contributed by atoms with van der Waals surface area (Å²) < 4.78 is 24.0. The van der Waals surface area contributed by atoms with Gasteiger partial charge in [0, 0.05) is 76.9 Å². The molecular weight excluding hydrogens is 1160 g/mol. The van der Waals surface area contributed by atoms with Crippen LogP contribution in [0.25, 0.3) is 177 Å². The van der Waals surface area contributed by atoms with E-state index in [9.17, 15) is 0 Å². The topological polar surface area (TPSA) is 91.2 Å². The molecule has 9 nitrogen and oxygen atoms in total. The van der Waals surface area contributed by atoms with Gasteiger partial charge in [-0.15, -0.1) is 0 Å². The zero-order chi connectivity index (χ0) is 62.4. The first-order valence-electron chi connectivity index (χ1n) is 32.0. The van der Waals surface area contributed by atoms with Crippen molar-refractivity contribution in [2.45, 2.75) is 6.42 Å². The highest BCUT2D eigenvalue weighted by molar-refractivity contribution is 6.15. The van der Waals surface area contributed by atoms with E-state index in [4.69, 9.17) is 28.2 Å². The van der Waals surface area contributed by atoms with Gasteiger partial charge in [0.05, 0.1) is 33.4 Å². The minimum atomic E-state index is 0.478. The lowest BCUT2D eigenvalue weighted by Crippen LogP contribution is -2.18. The molecule has 0 unspecified atom stereocenters. The number of fused-ring (bicyclic) bond motifs is 17. The van der Waals surface area contributed by atoms with Crippen LogP contribution in [0, 0.1) is 0 Å². The Labute approximate surface area is 542 Å². The van der Waals surface area contributed by atoms with Gasteiger partial charge in [-0.3, -0.25) is 9.47 Å². The summed E-state index contributed by atoms with van der Waals surface area (Å²) in [5, 5.41) is 13.1. The van der Waals surface area contributed by atoms with Gasteiger partial charge in [0.1, 0.15) is 33.5 Å². The molecule has 13 aromatic carbocycles. The quantitative estimate of drug-likeness (QED) is 0.133. The Morgan fingerprint density at radius 3 is 1.29 bits per heavy atom. The van der Waals surface area contributed by atoms with Crippen molar-refractivity contribution in [3.8, 4) is 56.4 Å². The van der Waals surface area contributed by atoms with Crippen molar-refractivity contribution in [2.24, 2.45) is 0 Å². The van der Waals surface area contributed by atoms with E-state index in [0.29, 0.717) is 24.1 Å². The molecule has 1 aliphatic rings. The summed E-state index contributed by atoms with van der Waals surface area (Å²) in [6.45, 7) is 4.03. The molecule has 0 amide bonds. The van der Waals surface area contributed by atoms with Gasteiger partial charge in [0.2, 0.25) is 11.9 Å². The standard InChI is InChI=1S/C86H52N6O3/c1-2-3-4-17-58-44-57-31-30-51(54-34-39-68-65-22-9-14-27-78(65)93-81(68)48-54)45-75(57)90(58)85-87-84(88-86(89-85)92-73-26-13-8-21-62(73)64-38-33-53(47-77(64)92)56-36-41-70-67-24-11-16-29-80(67)95-83(70)50-56)71-42-43-74(60-19-6-5-18-59(60)71)91-72-25-12-7-20-61(72)63-37-32-52(46-76(63)91)55-35-40-69-66-23-10-15-28-79(66)94-82(69)49-55/h2-43,45-50H,1,44H2/b4-3-,58-17+. The molecule has 0 atom stereocenters. The van der Waals surface area contributed by atoms with E-state index >= 15 is 0 Å². The van der Waals surface area contributed by atoms with Crippen molar-refractivity contribution in [3.05, 3.63) is 309 Å². The average Bonchev–Trinajstić information content (AvgIpc) is 1.63. The lowest BCUT2D eigenvalue weighted by atomic mass is 10.0. The second-order valence-electron chi connectivity index (χ2n) is 24.7. The zero-order valence-electron chi connectivity index (χ0n) is 51.0. The summed E-state index contributed by atoms with van der Waals surface area (Å²) in [5.41, 5.74) is 20.6. The summed E-state index contributed by atoms with van der Waals surface area (Å²) in [5.74, 6) is 1.48. The van der Waals surface area contributed by atoms with Crippen LogP contribution in [0.5, 0.6) is 0 Å². The molecule has 0 spiro atoms. The normalized spacial score (nSPS) is 13.2. The Balaban J connectivity index is 0.803. The molecule has 9 heteroatoms. The smallest absolute Gasteiger partial charge is 0.240 e. The van der Waals surface area contributed by atoms with E-state index in [1.807, 2.05) is 48.6 Å². The van der Waals surface area contributed by atoms with Crippen LogP contribution in [0.3, 0.4) is 0 Å². The monoisotopic (exact) mass is 1220 g/mol. The number of aromatic nitrogens is 5. The molecule has 1 aliphatic heterocycles. The Morgan fingerprint density at radius 1 is 0.316 bits per heavy atom. The second kappa shape index (κ2) is 20.6. The van der Waals surface area contributed by atoms with Gasteiger partial charge in [0.15, 0.2) is 5.82 Å². The summed E-state index contributed by atoms with van der Waals surface area (Å²) in [6, 6.07) is 94.9. The van der Waals surface area contributed by atoms with E-state index in [1.54, 1.807) is 6.08 Å². The van der Waals surface area contributed by atoms with Crippen LogP contribution in [-0.4, -0.2) is 24.1 Å². The molecule has 0 N–H and O–H groups in total. The molecule has 0 bridgehead atoms. The third-order valence-electron chi connectivity index (χ3n) is 19.4. The molecule has 444 valence electrons. The average molecular weight is 1220 g/mol. The van der Waals surface area contributed by atoms with Crippen molar-refractivity contribution in [1.82, 2.24) is 24.1 Å². The van der Waals surface area contributed by atoms with Gasteiger partial charge in [-0.1, -0.05) is 195 Å². The number of hydrogen-bond acceptors (Lipinski definition) is 7. The number of para-hydroxylation sites is 5. The zero-order valence-corrected chi connectivity index (χ0v) is 51.0. The van der Waals surface area contributed by atoms with Gasteiger partial charge in [-0.25, -0.2) is 0 Å². The lowest BCUT2D eigenvalue weighted by molar-refractivity contribution is 0.668. The summed E-state index contributed by atoms with van der Waals surface area (Å²) in [4.78, 5) is 19.3. The van der Waals surface area contributed by atoms with Crippen LogP contribution in [0.1, 0.15) is 5.56 Å². The van der Waals surface area contributed by atoms with E-state index in [2.05, 4.69) is 257 Å². The molecule has 0 fully saturated rings. The van der Waals surface area contributed by atoms with Crippen LogP contribution >= 0.6 is 0 Å². The summed E-state index contributed by atoms with van der Waals surface area (Å²) >= 11 is 0. The van der Waals surface area contributed by atoms with Crippen LogP contribution in [0.15, 0.2) is 317 Å². The number of hydrogen-bond donors (Lipinski definition) is 0. The fraction of sp³-hybridized carbons (Fsp3) is 0.0116. The highest BCUT2D eigenvalue weighted by Gasteiger charge is 2.31. The van der Waals surface area contributed by atoms with Crippen molar-refractivity contribution in [3.63, 3.8) is 0 Å². The Morgan fingerprint density at radius 2 is 0.737 bits per heavy atom. The third-order valence-corrected chi connectivity index (χ3v) is 19.4. The Hall–Kier alpha value is -12.9. The minimum Gasteiger partial charge on any atom is -0.456 e. The van der Waals surface area contributed by atoms with E-state index < -0.39 is 0 Å². The van der Waals surface area contributed by atoms with Crippen molar-refractivity contribution < 1.29 is 13.3 Å². The molecule has 0 aliphatic carbocycles.